The van der Waals surface area contributed by atoms with E-state index in [0.717, 1.165) is 65.1 Å². The third-order valence-corrected chi connectivity index (χ3v) is 6.55. The van der Waals surface area contributed by atoms with Crippen LogP contribution in [0.15, 0.2) is 24.7 Å². The standard InChI is InChI=1S/C23H31ClN6O2/c1-2-30-7-3-4-17(15-30)23(31)29-21-10-18(19(24)12-27-21)20-13-25-14-22(28-20)26-11-16-5-8-32-9-6-16/h10,12-14,16-17H,2-9,11,15H2,1H3,(H,26,28)(H,27,29,31)/t17-/m1/s1. The van der Waals surface area contributed by atoms with Crippen LogP contribution in [-0.2, 0) is 9.53 Å². The monoisotopic (exact) mass is 458 g/mol. The zero-order chi connectivity index (χ0) is 22.3. The number of likely N-dealkylation sites (tertiary alicyclic amines) is 1. The molecule has 0 bridgehead atoms. The molecule has 2 aromatic heterocycles. The highest BCUT2D eigenvalue weighted by atomic mass is 35.5. The van der Waals surface area contributed by atoms with E-state index < -0.39 is 0 Å². The maximum absolute atomic E-state index is 12.8. The van der Waals surface area contributed by atoms with Crippen LogP contribution in [0.5, 0.6) is 0 Å². The number of carbonyl (C=O) groups excluding carboxylic acids is 1. The Labute approximate surface area is 194 Å². The number of nitrogens with one attached hydrogen (secondary N) is 2. The van der Waals surface area contributed by atoms with Gasteiger partial charge in [0.15, 0.2) is 0 Å². The van der Waals surface area contributed by atoms with Crippen molar-refractivity contribution < 1.29 is 9.53 Å². The smallest absolute Gasteiger partial charge is 0.229 e. The van der Waals surface area contributed by atoms with Gasteiger partial charge in [-0.25, -0.2) is 9.97 Å². The molecule has 2 fully saturated rings. The quantitative estimate of drug-likeness (QED) is 0.653. The Balaban J connectivity index is 1.43. The second kappa shape index (κ2) is 11.0. The Bertz CT molecular complexity index is 921. The molecular formula is C23H31ClN6O2. The number of nitrogens with zero attached hydrogens (tertiary/aromatic N) is 4. The molecule has 2 aliphatic heterocycles. The van der Waals surface area contributed by atoms with E-state index in [4.69, 9.17) is 16.3 Å². The maximum Gasteiger partial charge on any atom is 0.229 e. The van der Waals surface area contributed by atoms with Crippen LogP contribution in [0.2, 0.25) is 5.02 Å². The van der Waals surface area contributed by atoms with Crippen molar-refractivity contribution in [3.63, 3.8) is 0 Å². The molecule has 9 heteroatoms. The number of amides is 1. The van der Waals surface area contributed by atoms with Gasteiger partial charge >= 0.3 is 0 Å². The van der Waals surface area contributed by atoms with E-state index in [-0.39, 0.29) is 11.8 Å². The number of anilines is 2. The number of rotatable bonds is 7. The van der Waals surface area contributed by atoms with Gasteiger partial charge < -0.3 is 20.3 Å². The molecule has 2 aromatic rings. The summed E-state index contributed by atoms with van der Waals surface area (Å²) in [5.74, 6) is 1.73. The van der Waals surface area contributed by atoms with Gasteiger partial charge in [-0.15, -0.1) is 0 Å². The Kier molecular flexibility index (Phi) is 7.89. The van der Waals surface area contributed by atoms with Crippen LogP contribution >= 0.6 is 11.6 Å². The van der Waals surface area contributed by atoms with Gasteiger partial charge in [0, 0.05) is 38.1 Å². The van der Waals surface area contributed by atoms with Gasteiger partial charge in [-0.3, -0.25) is 9.78 Å². The van der Waals surface area contributed by atoms with Crippen LogP contribution in [0.25, 0.3) is 11.3 Å². The van der Waals surface area contributed by atoms with E-state index in [1.54, 1.807) is 24.7 Å². The van der Waals surface area contributed by atoms with Crippen LogP contribution in [0.1, 0.15) is 32.6 Å². The fraction of sp³-hybridized carbons (Fsp3) is 0.565. The molecule has 2 saturated heterocycles. The largest absolute Gasteiger partial charge is 0.381 e. The molecule has 8 nitrogen and oxygen atoms in total. The average Bonchev–Trinajstić information content (AvgIpc) is 2.84. The third kappa shape index (κ3) is 5.94. The van der Waals surface area contributed by atoms with Crippen molar-refractivity contribution in [3.05, 3.63) is 29.7 Å². The lowest BCUT2D eigenvalue weighted by atomic mass is 9.97. The number of aromatic nitrogens is 3. The highest BCUT2D eigenvalue weighted by molar-refractivity contribution is 6.33. The minimum Gasteiger partial charge on any atom is -0.381 e. The molecule has 0 unspecified atom stereocenters. The lowest BCUT2D eigenvalue weighted by Gasteiger charge is -2.30. The Hall–Kier alpha value is -2.29. The van der Waals surface area contributed by atoms with E-state index in [2.05, 4.69) is 37.4 Å². The lowest BCUT2D eigenvalue weighted by Crippen LogP contribution is -2.40. The van der Waals surface area contributed by atoms with Crippen LogP contribution in [-0.4, -0.2) is 65.2 Å². The highest BCUT2D eigenvalue weighted by Gasteiger charge is 2.25. The van der Waals surface area contributed by atoms with Gasteiger partial charge in [-0.1, -0.05) is 18.5 Å². The van der Waals surface area contributed by atoms with E-state index in [0.29, 0.717) is 33.8 Å². The minimum absolute atomic E-state index is 0.00175. The van der Waals surface area contributed by atoms with Crippen molar-refractivity contribution in [1.29, 1.82) is 0 Å². The number of piperidine rings is 1. The number of carbonyl (C=O) groups is 1. The van der Waals surface area contributed by atoms with Crippen molar-refractivity contribution in [2.75, 3.05) is 50.0 Å². The third-order valence-electron chi connectivity index (χ3n) is 6.25. The van der Waals surface area contributed by atoms with Crippen LogP contribution in [0.4, 0.5) is 11.6 Å². The molecule has 2 N–H and O–H groups in total. The van der Waals surface area contributed by atoms with E-state index in [9.17, 15) is 4.79 Å². The number of halogens is 1. The van der Waals surface area contributed by atoms with Gasteiger partial charge in [0.2, 0.25) is 5.91 Å². The number of ether oxygens (including phenoxy) is 1. The Morgan fingerprint density at radius 2 is 2.06 bits per heavy atom. The van der Waals surface area contributed by atoms with Crippen molar-refractivity contribution >= 4 is 29.1 Å². The zero-order valence-electron chi connectivity index (χ0n) is 18.5. The van der Waals surface area contributed by atoms with Crippen molar-refractivity contribution in [3.8, 4) is 11.3 Å². The topological polar surface area (TPSA) is 92.3 Å². The first-order valence-corrected chi connectivity index (χ1v) is 11.8. The fourth-order valence-electron chi connectivity index (χ4n) is 4.27. The van der Waals surface area contributed by atoms with E-state index in [1.807, 2.05) is 0 Å². The molecule has 172 valence electrons. The minimum atomic E-state index is -0.0258. The Morgan fingerprint density at radius 1 is 1.22 bits per heavy atom. The van der Waals surface area contributed by atoms with Crippen LogP contribution in [0.3, 0.4) is 0 Å². The van der Waals surface area contributed by atoms with Gasteiger partial charge in [0.05, 0.1) is 29.0 Å². The van der Waals surface area contributed by atoms with Crippen LogP contribution < -0.4 is 10.6 Å². The average molecular weight is 459 g/mol. The summed E-state index contributed by atoms with van der Waals surface area (Å²) >= 11 is 6.42. The number of hydrogen-bond donors (Lipinski definition) is 2. The summed E-state index contributed by atoms with van der Waals surface area (Å²) in [6, 6.07) is 1.77. The van der Waals surface area contributed by atoms with E-state index in [1.165, 1.54) is 0 Å². The molecule has 4 heterocycles. The SMILES string of the molecule is CCN1CCC[C@@H](C(=O)Nc2cc(-c3cncc(NCC4CCOCC4)n3)c(Cl)cn2)C1. The first-order chi connectivity index (χ1) is 15.6. The molecule has 2 aliphatic rings. The summed E-state index contributed by atoms with van der Waals surface area (Å²) in [6.45, 7) is 7.40. The summed E-state index contributed by atoms with van der Waals surface area (Å²) in [5, 5.41) is 6.81. The molecule has 4 rings (SSSR count). The normalized spacial score (nSPS) is 20.1. The Morgan fingerprint density at radius 3 is 2.88 bits per heavy atom. The molecule has 0 aliphatic carbocycles. The maximum atomic E-state index is 12.8. The number of hydrogen-bond acceptors (Lipinski definition) is 7. The summed E-state index contributed by atoms with van der Waals surface area (Å²) in [5.41, 5.74) is 1.33. The molecule has 0 radical (unpaired) electrons. The second-order valence-electron chi connectivity index (χ2n) is 8.50. The molecule has 0 aromatic carbocycles. The molecular weight excluding hydrogens is 428 g/mol. The molecule has 1 amide bonds. The van der Waals surface area contributed by atoms with Crippen LogP contribution in [0, 0.1) is 11.8 Å². The zero-order valence-corrected chi connectivity index (χ0v) is 19.3. The molecule has 1 atom stereocenters. The molecule has 32 heavy (non-hydrogen) atoms. The summed E-state index contributed by atoms with van der Waals surface area (Å²) in [7, 11) is 0. The van der Waals surface area contributed by atoms with E-state index >= 15 is 0 Å². The number of pyridine rings is 1. The summed E-state index contributed by atoms with van der Waals surface area (Å²) in [6.07, 6.45) is 8.97. The highest BCUT2D eigenvalue weighted by Crippen LogP contribution is 2.29. The second-order valence-corrected chi connectivity index (χ2v) is 8.90. The van der Waals surface area contributed by atoms with Gasteiger partial charge in [-0.05, 0) is 50.8 Å². The first-order valence-electron chi connectivity index (χ1n) is 11.4. The molecule has 0 saturated carbocycles. The predicted octanol–water partition coefficient (Wildman–Crippen LogP) is 3.70. The fourth-order valence-corrected chi connectivity index (χ4v) is 4.47. The van der Waals surface area contributed by atoms with Crippen molar-refractivity contribution in [2.45, 2.75) is 32.6 Å². The van der Waals surface area contributed by atoms with Crippen molar-refractivity contribution in [2.24, 2.45) is 11.8 Å². The first kappa shape index (κ1) is 22.9. The van der Waals surface area contributed by atoms with Crippen molar-refractivity contribution in [1.82, 2.24) is 19.9 Å². The predicted molar refractivity (Wildman–Crippen MR) is 126 cm³/mol. The van der Waals surface area contributed by atoms with Gasteiger partial charge in [-0.2, -0.15) is 0 Å². The van der Waals surface area contributed by atoms with Gasteiger partial charge in [0.1, 0.15) is 11.6 Å². The molecule has 0 spiro atoms. The summed E-state index contributed by atoms with van der Waals surface area (Å²) in [4.78, 5) is 28.4. The summed E-state index contributed by atoms with van der Waals surface area (Å²) < 4.78 is 5.42. The van der Waals surface area contributed by atoms with Gasteiger partial charge in [0.25, 0.3) is 0 Å². The lowest BCUT2D eigenvalue weighted by molar-refractivity contribution is -0.121.